The Morgan fingerprint density at radius 2 is 1.89 bits per heavy atom. The molecule has 0 atom stereocenters. The van der Waals surface area contributed by atoms with Gasteiger partial charge in [0.05, 0.1) is 13.2 Å². The summed E-state index contributed by atoms with van der Waals surface area (Å²) in [7, 11) is 0. The Morgan fingerprint density at radius 1 is 1.18 bits per heavy atom. The lowest BCUT2D eigenvalue weighted by atomic mass is 10.2. The van der Waals surface area contributed by atoms with Crippen LogP contribution in [0.5, 0.6) is 5.75 Å². The molecule has 2 amide bonds. The monoisotopic (exact) mass is 391 g/mol. The maximum absolute atomic E-state index is 11.8. The second-order valence-corrected chi connectivity index (χ2v) is 6.25. The van der Waals surface area contributed by atoms with Gasteiger partial charge in [-0.1, -0.05) is 12.1 Å². The first-order valence-electron chi connectivity index (χ1n) is 9.48. The number of benzene rings is 1. The summed E-state index contributed by atoms with van der Waals surface area (Å²) in [5, 5.41) is 3.30. The molecule has 9 heteroatoms. The topological polar surface area (TPSA) is 109 Å². The maximum atomic E-state index is 11.8. The number of primary amides is 1. The van der Waals surface area contributed by atoms with Crippen molar-refractivity contribution in [3.63, 3.8) is 0 Å². The van der Waals surface area contributed by atoms with Crippen LogP contribution in [0, 0.1) is 0 Å². The van der Waals surface area contributed by atoms with Crippen LogP contribution in [-0.2, 0) is 16.1 Å². The number of hydrogen-bond acceptors (Lipinski definition) is 5. The van der Waals surface area contributed by atoms with Crippen LogP contribution in [0.4, 0.5) is 4.79 Å². The molecule has 1 heterocycles. The Balaban J connectivity index is 1.96. The number of amides is 2. The first kappa shape index (κ1) is 21.3. The number of nitrogens with zero attached hydrogens (tertiary/aromatic N) is 3. The molecule has 0 saturated carbocycles. The Morgan fingerprint density at radius 3 is 2.54 bits per heavy atom. The molecule has 0 radical (unpaired) electrons. The largest absolute Gasteiger partial charge is 0.484 e. The average Bonchev–Trinajstić information content (AvgIpc) is 2.70. The van der Waals surface area contributed by atoms with Crippen molar-refractivity contribution in [3.8, 4) is 5.75 Å². The highest BCUT2D eigenvalue weighted by atomic mass is 16.6. The summed E-state index contributed by atoms with van der Waals surface area (Å²) in [4.78, 5) is 31.2. The molecule has 9 nitrogen and oxygen atoms in total. The van der Waals surface area contributed by atoms with Crippen LogP contribution < -0.4 is 15.8 Å². The van der Waals surface area contributed by atoms with E-state index in [1.807, 2.05) is 25.1 Å². The molecular formula is C19H29N5O4. The smallest absolute Gasteiger partial charge is 0.409 e. The lowest BCUT2D eigenvalue weighted by Crippen LogP contribution is -2.53. The lowest BCUT2D eigenvalue weighted by molar-refractivity contribution is -0.119. The van der Waals surface area contributed by atoms with Gasteiger partial charge in [-0.05, 0) is 31.5 Å². The Bertz CT molecular complexity index is 687. The van der Waals surface area contributed by atoms with E-state index in [1.165, 1.54) is 0 Å². The zero-order chi connectivity index (χ0) is 20.4. The Hall–Kier alpha value is -2.97. The third kappa shape index (κ3) is 6.64. The molecule has 1 aliphatic rings. The fourth-order valence-electron chi connectivity index (χ4n) is 2.80. The highest BCUT2D eigenvalue weighted by Gasteiger charge is 2.23. The Labute approximate surface area is 165 Å². The summed E-state index contributed by atoms with van der Waals surface area (Å²) in [6, 6.07) is 7.42. The van der Waals surface area contributed by atoms with E-state index in [2.05, 4.69) is 10.2 Å². The number of aliphatic imine (C=N–C) groups is 1. The van der Waals surface area contributed by atoms with Gasteiger partial charge < -0.3 is 30.3 Å². The quantitative estimate of drug-likeness (QED) is 0.525. The lowest BCUT2D eigenvalue weighted by Gasteiger charge is -2.35. The first-order valence-corrected chi connectivity index (χ1v) is 9.48. The van der Waals surface area contributed by atoms with Gasteiger partial charge in [-0.15, -0.1) is 0 Å². The van der Waals surface area contributed by atoms with Crippen LogP contribution in [0.2, 0.25) is 0 Å². The van der Waals surface area contributed by atoms with Gasteiger partial charge in [0.2, 0.25) is 0 Å². The van der Waals surface area contributed by atoms with E-state index in [0.717, 1.165) is 18.1 Å². The van der Waals surface area contributed by atoms with Gasteiger partial charge in [0.25, 0.3) is 5.91 Å². The average molecular weight is 391 g/mol. The standard InChI is InChI=1S/C19H29N5O4/c1-3-21-18(23-8-10-24(11-9-23)19(26)27-4-2)22-13-15-6-5-7-16(12-15)28-14-17(20)25/h5-7,12H,3-4,8-11,13-14H2,1-2H3,(H2,20,25)(H,21,22). The number of guanidine groups is 1. The van der Waals surface area contributed by atoms with Crippen LogP contribution in [0.25, 0.3) is 0 Å². The number of hydrogen-bond donors (Lipinski definition) is 2. The highest BCUT2D eigenvalue weighted by molar-refractivity contribution is 5.80. The second kappa shape index (κ2) is 11.0. The fourth-order valence-corrected chi connectivity index (χ4v) is 2.80. The molecule has 0 aromatic heterocycles. The van der Waals surface area contributed by atoms with Crippen molar-refractivity contribution in [1.29, 1.82) is 0 Å². The molecule has 0 unspecified atom stereocenters. The molecule has 0 aliphatic carbocycles. The highest BCUT2D eigenvalue weighted by Crippen LogP contribution is 2.14. The molecule has 3 N–H and O–H groups in total. The van der Waals surface area contributed by atoms with Gasteiger partial charge in [0.1, 0.15) is 5.75 Å². The van der Waals surface area contributed by atoms with E-state index in [0.29, 0.717) is 45.1 Å². The summed E-state index contributed by atoms with van der Waals surface area (Å²) in [6.45, 7) is 7.83. The molecular weight excluding hydrogens is 362 g/mol. The zero-order valence-electron chi connectivity index (χ0n) is 16.5. The molecule has 154 valence electrons. The number of rotatable bonds is 7. The van der Waals surface area contributed by atoms with Crippen molar-refractivity contribution in [2.75, 3.05) is 45.9 Å². The van der Waals surface area contributed by atoms with E-state index in [4.69, 9.17) is 20.2 Å². The molecule has 1 saturated heterocycles. The van der Waals surface area contributed by atoms with Crippen molar-refractivity contribution in [2.45, 2.75) is 20.4 Å². The molecule has 0 spiro atoms. The molecule has 1 fully saturated rings. The second-order valence-electron chi connectivity index (χ2n) is 6.25. The van der Waals surface area contributed by atoms with E-state index < -0.39 is 5.91 Å². The predicted molar refractivity (Wildman–Crippen MR) is 106 cm³/mol. The van der Waals surface area contributed by atoms with Crippen molar-refractivity contribution in [3.05, 3.63) is 29.8 Å². The number of carbonyl (C=O) groups is 2. The van der Waals surface area contributed by atoms with Crippen molar-refractivity contribution in [1.82, 2.24) is 15.1 Å². The fraction of sp³-hybridized carbons (Fsp3) is 0.526. The molecule has 2 rings (SSSR count). The Kier molecular flexibility index (Phi) is 8.38. The van der Waals surface area contributed by atoms with Crippen LogP contribution in [0.15, 0.2) is 29.3 Å². The van der Waals surface area contributed by atoms with Gasteiger partial charge >= 0.3 is 6.09 Å². The van der Waals surface area contributed by atoms with Crippen LogP contribution in [0.1, 0.15) is 19.4 Å². The van der Waals surface area contributed by atoms with Gasteiger partial charge in [-0.25, -0.2) is 9.79 Å². The number of piperazine rings is 1. The number of carbonyl (C=O) groups excluding carboxylic acids is 2. The van der Waals surface area contributed by atoms with Gasteiger partial charge in [-0.2, -0.15) is 0 Å². The van der Waals surface area contributed by atoms with Gasteiger partial charge in [0.15, 0.2) is 12.6 Å². The van der Waals surface area contributed by atoms with Crippen LogP contribution in [-0.4, -0.2) is 73.7 Å². The van der Waals surface area contributed by atoms with Crippen LogP contribution >= 0.6 is 0 Å². The molecule has 28 heavy (non-hydrogen) atoms. The van der Waals surface area contributed by atoms with E-state index in [1.54, 1.807) is 17.9 Å². The van der Waals surface area contributed by atoms with Gasteiger partial charge in [-0.3, -0.25) is 4.79 Å². The minimum Gasteiger partial charge on any atom is -0.484 e. The molecule has 0 bridgehead atoms. The van der Waals surface area contributed by atoms with Crippen LogP contribution in [0.3, 0.4) is 0 Å². The zero-order valence-corrected chi connectivity index (χ0v) is 16.5. The summed E-state index contributed by atoms with van der Waals surface area (Å²) in [6.07, 6.45) is -0.267. The summed E-state index contributed by atoms with van der Waals surface area (Å²) in [5.41, 5.74) is 6.07. The molecule has 1 aliphatic heterocycles. The number of nitrogens with two attached hydrogens (primary N) is 1. The van der Waals surface area contributed by atoms with Crippen molar-refractivity contribution in [2.24, 2.45) is 10.7 Å². The predicted octanol–water partition coefficient (Wildman–Crippen LogP) is 0.790. The van der Waals surface area contributed by atoms with Gasteiger partial charge in [0, 0.05) is 32.7 Å². The molecule has 1 aromatic rings. The number of nitrogens with one attached hydrogen (secondary N) is 1. The van der Waals surface area contributed by atoms with Crippen molar-refractivity contribution >= 4 is 18.0 Å². The maximum Gasteiger partial charge on any atom is 0.409 e. The van der Waals surface area contributed by atoms with E-state index in [-0.39, 0.29) is 12.7 Å². The SMILES string of the molecule is CCNC(=NCc1cccc(OCC(N)=O)c1)N1CCN(C(=O)OCC)CC1. The normalized spacial score (nSPS) is 14.6. The molecule has 1 aromatic carbocycles. The third-order valence-corrected chi connectivity index (χ3v) is 4.13. The summed E-state index contributed by atoms with van der Waals surface area (Å²) < 4.78 is 10.4. The first-order chi connectivity index (χ1) is 13.5. The van der Waals surface area contributed by atoms with Crippen molar-refractivity contribution < 1.29 is 19.1 Å². The minimum absolute atomic E-state index is 0.153. The number of ether oxygens (including phenoxy) is 2. The van der Waals surface area contributed by atoms with E-state index in [9.17, 15) is 9.59 Å². The summed E-state index contributed by atoms with van der Waals surface area (Å²) in [5.74, 6) is 0.869. The third-order valence-electron chi connectivity index (χ3n) is 4.13. The minimum atomic E-state index is -0.514. The summed E-state index contributed by atoms with van der Waals surface area (Å²) >= 11 is 0. The van der Waals surface area contributed by atoms with E-state index >= 15 is 0 Å².